The zero-order valence-corrected chi connectivity index (χ0v) is 15.6. The van der Waals surface area contributed by atoms with Crippen LogP contribution in [0.3, 0.4) is 0 Å². The topological polar surface area (TPSA) is 74.3 Å². The molecule has 1 aromatic heterocycles. The molecule has 0 fully saturated rings. The number of aromatic nitrogens is 1. The monoisotopic (exact) mass is 354 g/mol. The molecule has 0 aliphatic carbocycles. The van der Waals surface area contributed by atoms with Crippen molar-refractivity contribution in [1.82, 2.24) is 20.5 Å². The third kappa shape index (κ3) is 6.29. The molecule has 2 amide bonds. The van der Waals surface area contributed by atoms with Crippen molar-refractivity contribution in [1.29, 1.82) is 0 Å². The molecule has 0 aliphatic rings. The van der Waals surface area contributed by atoms with Gasteiger partial charge in [0.15, 0.2) is 0 Å². The van der Waals surface area contributed by atoms with Gasteiger partial charge in [0.05, 0.1) is 11.1 Å². The van der Waals surface area contributed by atoms with Gasteiger partial charge in [-0.05, 0) is 45.6 Å². The smallest absolute Gasteiger partial charge is 0.253 e. The predicted octanol–water partition coefficient (Wildman–Crippen LogP) is 2.00. The van der Waals surface area contributed by atoms with E-state index in [1.807, 2.05) is 45.3 Å². The van der Waals surface area contributed by atoms with Gasteiger partial charge < -0.3 is 15.5 Å². The molecule has 0 bridgehead atoms. The Morgan fingerprint density at radius 2 is 1.62 bits per heavy atom. The number of hydrogen-bond acceptors (Lipinski definition) is 4. The van der Waals surface area contributed by atoms with Crippen molar-refractivity contribution in [2.24, 2.45) is 0 Å². The highest BCUT2D eigenvalue weighted by atomic mass is 16.2. The highest BCUT2D eigenvalue weighted by Crippen LogP contribution is 2.06. The highest BCUT2D eigenvalue weighted by Gasteiger charge is 2.11. The maximum Gasteiger partial charge on any atom is 0.253 e. The summed E-state index contributed by atoms with van der Waals surface area (Å²) in [6.07, 6.45) is 3.80. The molecule has 2 rings (SSSR count). The fourth-order valence-corrected chi connectivity index (χ4v) is 2.38. The number of carbonyl (C=O) groups is 2. The number of aryl methyl sites for hydroxylation is 1. The fraction of sp³-hybridized carbons (Fsp3) is 0.350. The van der Waals surface area contributed by atoms with Crippen molar-refractivity contribution in [3.8, 4) is 0 Å². The Bertz CT molecular complexity index is 742. The van der Waals surface area contributed by atoms with Crippen LogP contribution in [0.15, 0.2) is 42.7 Å². The molecule has 6 heteroatoms. The Hall–Kier alpha value is -2.73. The van der Waals surface area contributed by atoms with Crippen LogP contribution >= 0.6 is 0 Å². The number of pyridine rings is 1. The molecule has 0 saturated heterocycles. The van der Waals surface area contributed by atoms with Crippen LogP contribution in [0.1, 0.15) is 38.3 Å². The summed E-state index contributed by atoms with van der Waals surface area (Å²) < 4.78 is 0. The van der Waals surface area contributed by atoms with Crippen LogP contribution in [0.4, 0.5) is 0 Å². The minimum absolute atomic E-state index is 0.218. The van der Waals surface area contributed by atoms with Crippen LogP contribution in [0, 0.1) is 6.92 Å². The first-order valence-corrected chi connectivity index (χ1v) is 8.67. The number of nitrogens with one attached hydrogen (secondary N) is 2. The lowest BCUT2D eigenvalue weighted by Gasteiger charge is -2.10. The molecule has 1 heterocycles. The molecule has 26 heavy (non-hydrogen) atoms. The average Bonchev–Trinajstić information content (AvgIpc) is 2.64. The second kappa shape index (κ2) is 9.68. The number of hydrogen-bond donors (Lipinski definition) is 2. The van der Waals surface area contributed by atoms with Crippen LogP contribution in [-0.2, 0) is 6.54 Å². The van der Waals surface area contributed by atoms with Crippen LogP contribution in [0.5, 0.6) is 0 Å². The summed E-state index contributed by atoms with van der Waals surface area (Å²) >= 11 is 0. The number of nitrogens with zero attached hydrogens (tertiary/aromatic N) is 2. The van der Waals surface area contributed by atoms with E-state index in [1.54, 1.807) is 6.07 Å². The highest BCUT2D eigenvalue weighted by molar-refractivity contribution is 5.99. The summed E-state index contributed by atoms with van der Waals surface area (Å²) in [5.41, 5.74) is 2.95. The Morgan fingerprint density at radius 1 is 1.00 bits per heavy atom. The Morgan fingerprint density at radius 3 is 2.23 bits per heavy atom. The van der Waals surface area contributed by atoms with Gasteiger partial charge >= 0.3 is 0 Å². The minimum atomic E-state index is -0.250. The van der Waals surface area contributed by atoms with E-state index in [0.717, 1.165) is 18.5 Å². The first-order valence-electron chi connectivity index (χ1n) is 8.67. The van der Waals surface area contributed by atoms with Crippen molar-refractivity contribution >= 4 is 11.8 Å². The zero-order chi connectivity index (χ0) is 18.9. The third-order valence-electron chi connectivity index (χ3n) is 3.90. The molecular weight excluding hydrogens is 328 g/mol. The Labute approximate surface area is 154 Å². The molecule has 0 aliphatic heterocycles. The zero-order valence-electron chi connectivity index (χ0n) is 15.6. The largest absolute Gasteiger partial charge is 0.352 e. The first-order chi connectivity index (χ1) is 12.5. The van der Waals surface area contributed by atoms with Crippen LogP contribution in [-0.4, -0.2) is 48.9 Å². The second-order valence-corrected chi connectivity index (χ2v) is 6.54. The summed E-state index contributed by atoms with van der Waals surface area (Å²) in [7, 11) is 3.98. The van der Waals surface area contributed by atoms with Gasteiger partial charge in [-0.3, -0.25) is 14.6 Å². The van der Waals surface area contributed by atoms with Crippen molar-refractivity contribution < 1.29 is 9.59 Å². The summed E-state index contributed by atoms with van der Waals surface area (Å²) in [5.74, 6) is -0.468. The van der Waals surface area contributed by atoms with Gasteiger partial charge in [0.2, 0.25) is 0 Å². The standard InChI is InChI=1S/C20H26N4O2/c1-15-5-7-16(8-6-15)12-23-20(26)18-11-17(13-21-14-18)19(25)22-9-4-10-24(2)3/h5-8,11,13-14H,4,9-10,12H2,1-3H3,(H,22,25)(H,23,26). The van der Waals surface area contributed by atoms with E-state index in [9.17, 15) is 9.59 Å². The molecule has 0 unspecified atom stereocenters. The normalized spacial score (nSPS) is 10.6. The van der Waals surface area contributed by atoms with E-state index in [0.29, 0.717) is 24.2 Å². The van der Waals surface area contributed by atoms with E-state index in [4.69, 9.17) is 0 Å². The Balaban J connectivity index is 1.89. The molecule has 0 atom stereocenters. The average molecular weight is 354 g/mol. The van der Waals surface area contributed by atoms with Crippen molar-refractivity contribution in [2.75, 3.05) is 27.2 Å². The van der Waals surface area contributed by atoms with Gasteiger partial charge in [0.25, 0.3) is 11.8 Å². The van der Waals surface area contributed by atoms with Gasteiger partial charge in [-0.1, -0.05) is 29.8 Å². The number of rotatable bonds is 8. The van der Waals surface area contributed by atoms with Crippen LogP contribution in [0.25, 0.3) is 0 Å². The van der Waals surface area contributed by atoms with Crippen LogP contribution < -0.4 is 10.6 Å². The van der Waals surface area contributed by atoms with Crippen molar-refractivity contribution in [3.05, 3.63) is 65.0 Å². The third-order valence-corrected chi connectivity index (χ3v) is 3.90. The number of amides is 2. The molecule has 2 N–H and O–H groups in total. The molecule has 138 valence electrons. The van der Waals surface area contributed by atoms with E-state index in [1.165, 1.54) is 18.0 Å². The van der Waals surface area contributed by atoms with E-state index >= 15 is 0 Å². The molecule has 2 aromatic rings. The molecule has 1 aromatic carbocycles. The molecule has 0 saturated carbocycles. The molecular formula is C20H26N4O2. The van der Waals surface area contributed by atoms with Crippen molar-refractivity contribution in [2.45, 2.75) is 19.9 Å². The summed E-state index contributed by atoms with van der Waals surface area (Å²) in [6.45, 7) is 3.94. The maximum atomic E-state index is 12.3. The lowest BCUT2D eigenvalue weighted by molar-refractivity contribution is 0.0950. The van der Waals surface area contributed by atoms with Gasteiger partial charge in [-0.2, -0.15) is 0 Å². The first kappa shape index (κ1) is 19.6. The van der Waals surface area contributed by atoms with E-state index in [-0.39, 0.29) is 11.8 Å². The number of carbonyl (C=O) groups excluding carboxylic acids is 2. The SMILES string of the molecule is Cc1ccc(CNC(=O)c2cncc(C(=O)NCCCN(C)C)c2)cc1. The van der Waals surface area contributed by atoms with E-state index in [2.05, 4.69) is 20.5 Å². The predicted molar refractivity (Wildman–Crippen MR) is 102 cm³/mol. The fourth-order valence-electron chi connectivity index (χ4n) is 2.38. The Kier molecular flexibility index (Phi) is 7.29. The van der Waals surface area contributed by atoms with Gasteiger partial charge in [0, 0.05) is 25.5 Å². The quantitative estimate of drug-likeness (QED) is 0.711. The maximum absolute atomic E-state index is 12.3. The lowest BCUT2D eigenvalue weighted by Crippen LogP contribution is -2.28. The van der Waals surface area contributed by atoms with Gasteiger partial charge in [-0.15, -0.1) is 0 Å². The van der Waals surface area contributed by atoms with E-state index < -0.39 is 0 Å². The van der Waals surface area contributed by atoms with Gasteiger partial charge in [-0.25, -0.2) is 0 Å². The van der Waals surface area contributed by atoms with Crippen molar-refractivity contribution in [3.63, 3.8) is 0 Å². The summed E-state index contributed by atoms with van der Waals surface area (Å²) in [5, 5.41) is 5.70. The summed E-state index contributed by atoms with van der Waals surface area (Å²) in [4.78, 5) is 30.6. The molecule has 0 radical (unpaired) electrons. The van der Waals surface area contributed by atoms with Gasteiger partial charge in [0.1, 0.15) is 0 Å². The molecule has 0 spiro atoms. The minimum Gasteiger partial charge on any atom is -0.352 e. The summed E-state index contributed by atoms with van der Waals surface area (Å²) in [6, 6.07) is 9.53. The number of benzene rings is 1. The second-order valence-electron chi connectivity index (χ2n) is 6.54. The molecule has 6 nitrogen and oxygen atoms in total. The lowest BCUT2D eigenvalue weighted by atomic mass is 10.1. The van der Waals surface area contributed by atoms with Crippen LogP contribution in [0.2, 0.25) is 0 Å².